The summed E-state index contributed by atoms with van der Waals surface area (Å²) in [6, 6.07) is 7.12. The summed E-state index contributed by atoms with van der Waals surface area (Å²) in [6.45, 7) is 5.50. The van der Waals surface area contributed by atoms with E-state index in [0.717, 1.165) is 19.7 Å². The number of nitrogens with zero attached hydrogens (tertiary/aromatic N) is 1. The van der Waals surface area contributed by atoms with Gasteiger partial charge >= 0.3 is 0 Å². The Hall–Kier alpha value is -1.26. The Bertz CT molecular complexity index is 425. The van der Waals surface area contributed by atoms with Gasteiger partial charge in [-0.25, -0.2) is 0 Å². The third-order valence-electron chi connectivity index (χ3n) is 4.12. The van der Waals surface area contributed by atoms with Gasteiger partial charge in [0.2, 0.25) is 0 Å². The topological polar surface area (TPSA) is 41.9 Å². The summed E-state index contributed by atoms with van der Waals surface area (Å²) in [5.74, 6) is 0.721. The van der Waals surface area contributed by atoms with Crippen molar-refractivity contribution >= 4 is 0 Å². The highest BCUT2D eigenvalue weighted by atomic mass is 16.6. The average molecular weight is 307 g/mol. The van der Waals surface area contributed by atoms with Crippen molar-refractivity contribution in [1.82, 2.24) is 4.90 Å². The predicted octanol–water partition coefficient (Wildman–Crippen LogP) is 3.79. The fourth-order valence-electron chi connectivity index (χ4n) is 2.78. The Morgan fingerprint density at radius 3 is 2.77 bits per heavy atom. The summed E-state index contributed by atoms with van der Waals surface area (Å²) in [5, 5.41) is 9.84. The second kappa shape index (κ2) is 9.70. The van der Waals surface area contributed by atoms with E-state index in [2.05, 4.69) is 11.8 Å². The van der Waals surface area contributed by atoms with Gasteiger partial charge in [-0.3, -0.25) is 4.90 Å². The number of phenolic OH excluding ortho intramolecular Hbond substituents is 1. The van der Waals surface area contributed by atoms with Gasteiger partial charge in [-0.05, 0) is 18.6 Å². The molecule has 22 heavy (non-hydrogen) atoms. The molecule has 1 N–H and O–H groups in total. The Balaban J connectivity index is 1.77. The quantitative estimate of drug-likeness (QED) is 0.705. The third-order valence-corrected chi connectivity index (χ3v) is 4.12. The largest absolute Gasteiger partial charge is 0.504 e. The van der Waals surface area contributed by atoms with Crippen LogP contribution in [0.3, 0.4) is 0 Å². The van der Waals surface area contributed by atoms with Crippen molar-refractivity contribution in [1.29, 1.82) is 0 Å². The van der Waals surface area contributed by atoms with E-state index in [9.17, 15) is 5.11 Å². The van der Waals surface area contributed by atoms with Gasteiger partial charge in [0.05, 0.1) is 13.2 Å². The van der Waals surface area contributed by atoms with Crippen molar-refractivity contribution < 1.29 is 14.6 Å². The number of hydrogen-bond donors (Lipinski definition) is 1. The van der Waals surface area contributed by atoms with Crippen molar-refractivity contribution in [2.75, 3.05) is 26.3 Å². The van der Waals surface area contributed by atoms with E-state index in [-0.39, 0.29) is 12.0 Å². The lowest BCUT2D eigenvalue weighted by atomic mass is 10.1. The molecule has 1 aromatic carbocycles. The molecule has 1 aliphatic rings. The first kappa shape index (κ1) is 17.1. The van der Waals surface area contributed by atoms with Gasteiger partial charge in [0.15, 0.2) is 17.7 Å². The van der Waals surface area contributed by atoms with Gasteiger partial charge < -0.3 is 14.6 Å². The standard InChI is InChI=1S/C18H29NO3/c1-2-3-4-5-6-9-12-19-13-14-21-15-18(19)22-17-11-8-7-10-16(17)20/h7-8,10-11,18,20H,2-6,9,12-15H2,1H3. The summed E-state index contributed by atoms with van der Waals surface area (Å²) >= 11 is 0. The molecule has 0 aliphatic carbocycles. The van der Waals surface area contributed by atoms with E-state index in [1.165, 1.54) is 38.5 Å². The SMILES string of the molecule is CCCCCCCCN1CCOCC1Oc1ccccc1O. The second-order valence-corrected chi connectivity index (χ2v) is 5.92. The molecule has 0 radical (unpaired) electrons. The number of ether oxygens (including phenoxy) is 2. The number of aromatic hydroxyl groups is 1. The zero-order valence-electron chi connectivity index (χ0n) is 13.7. The zero-order valence-corrected chi connectivity index (χ0v) is 13.7. The highest BCUT2D eigenvalue weighted by Crippen LogP contribution is 2.27. The number of benzene rings is 1. The zero-order chi connectivity index (χ0) is 15.6. The Kier molecular flexibility index (Phi) is 7.54. The fraction of sp³-hybridized carbons (Fsp3) is 0.667. The van der Waals surface area contributed by atoms with Crippen LogP contribution < -0.4 is 4.74 Å². The molecule has 1 fully saturated rings. The van der Waals surface area contributed by atoms with Gasteiger partial charge in [-0.1, -0.05) is 51.2 Å². The van der Waals surface area contributed by atoms with Crippen LogP contribution >= 0.6 is 0 Å². The van der Waals surface area contributed by atoms with Crippen LogP contribution in [0.4, 0.5) is 0 Å². The van der Waals surface area contributed by atoms with E-state index in [4.69, 9.17) is 9.47 Å². The monoisotopic (exact) mass is 307 g/mol. The Morgan fingerprint density at radius 1 is 1.18 bits per heavy atom. The molecule has 0 amide bonds. The number of morpholine rings is 1. The molecule has 1 unspecified atom stereocenters. The normalized spacial score (nSPS) is 19.2. The molecule has 4 heteroatoms. The minimum absolute atomic E-state index is 0.0994. The molecular weight excluding hydrogens is 278 g/mol. The molecular formula is C18H29NO3. The summed E-state index contributed by atoms with van der Waals surface area (Å²) in [6.07, 6.45) is 7.68. The molecule has 1 saturated heterocycles. The molecule has 0 aromatic heterocycles. The van der Waals surface area contributed by atoms with E-state index in [0.29, 0.717) is 12.4 Å². The van der Waals surface area contributed by atoms with Gasteiger partial charge in [0.25, 0.3) is 0 Å². The highest BCUT2D eigenvalue weighted by molar-refractivity contribution is 5.38. The van der Waals surface area contributed by atoms with Crippen LogP contribution in [-0.2, 0) is 4.74 Å². The van der Waals surface area contributed by atoms with Crippen LogP contribution in [0.2, 0.25) is 0 Å². The number of rotatable bonds is 9. The molecule has 0 bridgehead atoms. The minimum Gasteiger partial charge on any atom is -0.504 e. The van der Waals surface area contributed by atoms with Gasteiger partial charge in [-0.15, -0.1) is 0 Å². The van der Waals surface area contributed by atoms with Crippen LogP contribution in [0.15, 0.2) is 24.3 Å². The maximum Gasteiger partial charge on any atom is 0.176 e. The first-order chi connectivity index (χ1) is 10.8. The van der Waals surface area contributed by atoms with Crippen molar-refractivity contribution in [2.24, 2.45) is 0 Å². The molecule has 1 aromatic rings. The van der Waals surface area contributed by atoms with Gasteiger partial charge in [0, 0.05) is 13.1 Å². The van der Waals surface area contributed by atoms with E-state index in [1.807, 2.05) is 6.07 Å². The second-order valence-electron chi connectivity index (χ2n) is 5.92. The summed E-state index contributed by atoms with van der Waals surface area (Å²) in [7, 11) is 0. The van der Waals surface area contributed by atoms with Gasteiger partial charge in [0.1, 0.15) is 0 Å². The summed E-state index contributed by atoms with van der Waals surface area (Å²) in [5.41, 5.74) is 0. The summed E-state index contributed by atoms with van der Waals surface area (Å²) < 4.78 is 11.5. The van der Waals surface area contributed by atoms with Crippen molar-refractivity contribution in [3.8, 4) is 11.5 Å². The molecule has 1 heterocycles. The molecule has 1 aliphatic heterocycles. The number of unbranched alkanes of at least 4 members (excludes halogenated alkanes) is 5. The molecule has 0 spiro atoms. The van der Waals surface area contributed by atoms with Crippen molar-refractivity contribution in [3.05, 3.63) is 24.3 Å². The molecule has 0 saturated carbocycles. The van der Waals surface area contributed by atoms with Crippen molar-refractivity contribution in [2.45, 2.75) is 51.7 Å². The molecule has 124 valence electrons. The Labute approximate surface area is 134 Å². The molecule has 2 rings (SSSR count). The maximum atomic E-state index is 9.84. The van der Waals surface area contributed by atoms with E-state index < -0.39 is 0 Å². The van der Waals surface area contributed by atoms with E-state index in [1.54, 1.807) is 18.2 Å². The average Bonchev–Trinajstić information content (AvgIpc) is 2.54. The maximum absolute atomic E-state index is 9.84. The smallest absolute Gasteiger partial charge is 0.176 e. The lowest BCUT2D eigenvalue weighted by molar-refractivity contribution is -0.0921. The summed E-state index contributed by atoms with van der Waals surface area (Å²) in [4.78, 5) is 2.33. The van der Waals surface area contributed by atoms with Crippen LogP contribution in [0, 0.1) is 0 Å². The minimum atomic E-state index is -0.0994. The van der Waals surface area contributed by atoms with Crippen molar-refractivity contribution in [3.63, 3.8) is 0 Å². The lowest BCUT2D eigenvalue weighted by Gasteiger charge is -2.35. The number of hydrogen-bond acceptors (Lipinski definition) is 4. The van der Waals surface area contributed by atoms with Crippen LogP contribution in [0.5, 0.6) is 11.5 Å². The predicted molar refractivity (Wildman–Crippen MR) is 88.3 cm³/mol. The van der Waals surface area contributed by atoms with Crippen LogP contribution in [0.1, 0.15) is 45.4 Å². The third kappa shape index (κ3) is 5.50. The number of para-hydroxylation sites is 2. The fourth-order valence-corrected chi connectivity index (χ4v) is 2.78. The van der Waals surface area contributed by atoms with E-state index >= 15 is 0 Å². The first-order valence-electron chi connectivity index (χ1n) is 8.57. The molecule has 4 nitrogen and oxygen atoms in total. The highest BCUT2D eigenvalue weighted by Gasteiger charge is 2.24. The van der Waals surface area contributed by atoms with Crippen LogP contribution in [0.25, 0.3) is 0 Å². The number of phenols is 1. The first-order valence-corrected chi connectivity index (χ1v) is 8.57. The Morgan fingerprint density at radius 2 is 1.95 bits per heavy atom. The van der Waals surface area contributed by atoms with Gasteiger partial charge in [-0.2, -0.15) is 0 Å². The van der Waals surface area contributed by atoms with Crippen LogP contribution in [-0.4, -0.2) is 42.5 Å². The molecule has 1 atom stereocenters. The lowest BCUT2D eigenvalue weighted by Crippen LogP contribution is -2.49.